The Kier molecular flexibility index (Phi) is 5.22. The molecule has 0 unspecified atom stereocenters. The maximum atomic E-state index is 8.99. The van der Waals surface area contributed by atoms with Crippen molar-refractivity contribution in [1.29, 1.82) is 0 Å². The van der Waals surface area contributed by atoms with Crippen LogP contribution in [-0.4, -0.2) is 36.4 Å². The third-order valence-corrected chi connectivity index (χ3v) is 2.22. The van der Waals surface area contributed by atoms with Gasteiger partial charge in [-0.3, -0.25) is 0 Å². The van der Waals surface area contributed by atoms with Gasteiger partial charge in [0.25, 0.3) is 0 Å². The lowest BCUT2D eigenvalue weighted by Crippen LogP contribution is -2.24. The van der Waals surface area contributed by atoms with E-state index in [0.717, 1.165) is 12.4 Å². The molecule has 1 heterocycles. The van der Waals surface area contributed by atoms with Crippen LogP contribution in [0.3, 0.4) is 0 Å². The van der Waals surface area contributed by atoms with Gasteiger partial charge in [0.1, 0.15) is 5.82 Å². The maximum absolute atomic E-state index is 8.99. The number of hydrogen-bond acceptors (Lipinski definition) is 4. The molecule has 0 saturated carbocycles. The molecular weight excluding hydrogens is 204 g/mol. The third kappa shape index (κ3) is 4.16. The molecule has 1 rings (SSSR count). The van der Waals surface area contributed by atoms with Gasteiger partial charge in [0.05, 0.1) is 25.0 Å². The highest BCUT2D eigenvalue weighted by Crippen LogP contribution is 2.09. The number of anilines is 1. The average molecular weight is 224 g/mol. The second-order valence-electron chi connectivity index (χ2n) is 3.99. The highest BCUT2D eigenvalue weighted by Gasteiger charge is 2.03. The molecule has 1 aromatic heterocycles. The number of nitrogens with zero attached hydrogens (tertiary/aromatic N) is 2. The minimum atomic E-state index is -0.0236. The fraction of sp³-hybridized carbons (Fsp3) is 0.583. The molecule has 0 aliphatic carbocycles. The Morgan fingerprint density at radius 1 is 1.44 bits per heavy atom. The largest absolute Gasteiger partial charge is 0.390 e. The Bertz CT molecular complexity index is 316. The topological polar surface area (TPSA) is 45.6 Å². The molecule has 4 heteroatoms. The number of rotatable bonds is 6. The lowest BCUT2D eigenvalue weighted by Gasteiger charge is -2.19. The van der Waals surface area contributed by atoms with Crippen LogP contribution in [0.2, 0.25) is 0 Å². The SMILES string of the molecule is CC(C)OCCN(C)c1cccc(CO)n1. The molecule has 0 bridgehead atoms. The summed E-state index contributed by atoms with van der Waals surface area (Å²) in [6.07, 6.45) is 0.255. The summed E-state index contributed by atoms with van der Waals surface area (Å²) in [6, 6.07) is 5.63. The highest BCUT2D eigenvalue weighted by atomic mass is 16.5. The van der Waals surface area contributed by atoms with Crippen molar-refractivity contribution in [2.45, 2.75) is 26.6 Å². The molecule has 0 amide bonds. The summed E-state index contributed by atoms with van der Waals surface area (Å²) in [5.74, 6) is 0.860. The molecule has 0 atom stereocenters. The van der Waals surface area contributed by atoms with Crippen molar-refractivity contribution in [2.24, 2.45) is 0 Å². The summed E-state index contributed by atoms with van der Waals surface area (Å²) in [6.45, 7) is 5.48. The Labute approximate surface area is 96.9 Å². The number of aromatic nitrogens is 1. The van der Waals surface area contributed by atoms with E-state index in [1.807, 2.05) is 44.0 Å². The van der Waals surface area contributed by atoms with Crippen LogP contribution < -0.4 is 4.90 Å². The first-order valence-corrected chi connectivity index (χ1v) is 5.53. The number of aliphatic hydroxyl groups excluding tert-OH is 1. The molecule has 1 aromatic rings. The third-order valence-electron chi connectivity index (χ3n) is 2.22. The summed E-state index contributed by atoms with van der Waals surface area (Å²) >= 11 is 0. The van der Waals surface area contributed by atoms with E-state index in [4.69, 9.17) is 9.84 Å². The van der Waals surface area contributed by atoms with E-state index in [1.165, 1.54) is 0 Å². The standard InChI is InChI=1S/C12H20N2O2/c1-10(2)16-8-7-14(3)12-6-4-5-11(9-15)13-12/h4-6,10,15H,7-9H2,1-3H3. The van der Waals surface area contributed by atoms with Gasteiger partial charge >= 0.3 is 0 Å². The number of aliphatic hydroxyl groups is 1. The molecule has 0 aliphatic rings. The Morgan fingerprint density at radius 2 is 2.19 bits per heavy atom. The summed E-state index contributed by atoms with van der Waals surface area (Å²) < 4.78 is 5.47. The van der Waals surface area contributed by atoms with Crippen LogP contribution in [-0.2, 0) is 11.3 Å². The van der Waals surface area contributed by atoms with Gasteiger partial charge in [-0.25, -0.2) is 4.98 Å². The van der Waals surface area contributed by atoms with E-state index in [2.05, 4.69) is 4.98 Å². The first-order valence-electron chi connectivity index (χ1n) is 5.53. The minimum absolute atomic E-state index is 0.0236. The number of pyridine rings is 1. The van der Waals surface area contributed by atoms with Crippen LogP contribution in [0.25, 0.3) is 0 Å². The van der Waals surface area contributed by atoms with Gasteiger partial charge in [-0.2, -0.15) is 0 Å². The monoisotopic (exact) mass is 224 g/mol. The molecule has 0 fully saturated rings. The summed E-state index contributed by atoms with van der Waals surface area (Å²) in [5, 5.41) is 8.99. The van der Waals surface area contributed by atoms with Crippen molar-refractivity contribution >= 4 is 5.82 Å². The number of ether oxygens (including phenoxy) is 1. The Morgan fingerprint density at radius 3 is 2.81 bits per heavy atom. The zero-order valence-electron chi connectivity index (χ0n) is 10.2. The smallest absolute Gasteiger partial charge is 0.128 e. The van der Waals surface area contributed by atoms with E-state index in [9.17, 15) is 0 Å². The first-order chi connectivity index (χ1) is 7.63. The molecule has 1 N–H and O–H groups in total. The predicted octanol–water partition coefficient (Wildman–Crippen LogP) is 1.44. The maximum Gasteiger partial charge on any atom is 0.128 e. The number of likely N-dealkylation sites (N-methyl/N-ethyl adjacent to an activating group) is 1. The van der Waals surface area contributed by atoms with Gasteiger partial charge in [-0.15, -0.1) is 0 Å². The minimum Gasteiger partial charge on any atom is -0.390 e. The lowest BCUT2D eigenvalue weighted by atomic mass is 10.3. The normalized spacial score (nSPS) is 10.8. The van der Waals surface area contributed by atoms with E-state index < -0.39 is 0 Å². The molecule has 0 aromatic carbocycles. The number of hydrogen-bond donors (Lipinski definition) is 1. The van der Waals surface area contributed by atoms with Crippen molar-refractivity contribution in [3.63, 3.8) is 0 Å². The molecule has 16 heavy (non-hydrogen) atoms. The van der Waals surface area contributed by atoms with Crippen LogP contribution in [0.5, 0.6) is 0 Å². The van der Waals surface area contributed by atoms with Crippen LogP contribution >= 0.6 is 0 Å². The van der Waals surface area contributed by atoms with E-state index >= 15 is 0 Å². The summed E-state index contributed by atoms with van der Waals surface area (Å²) in [4.78, 5) is 6.32. The Hall–Kier alpha value is -1.13. The van der Waals surface area contributed by atoms with Crippen LogP contribution in [0.1, 0.15) is 19.5 Å². The van der Waals surface area contributed by atoms with Crippen molar-refractivity contribution in [1.82, 2.24) is 4.98 Å². The summed E-state index contributed by atoms with van der Waals surface area (Å²) in [7, 11) is 1.97. The van der Waals surface area contributed by atoms with Crippen LogP contribution in [0.15, 0.2) is 18.2 Å². The van der Waals surface area contributed by atoms with E-state index in [0.29, 0.717) is 12.3 Å². The van der Waals surface area contributed by atoms with Crippen molar-refractivity contribution < 1.29 is 9.84 Å². The van der Waals surface area contributed by atoms with Gasteiger partial charge in [-0.1, -0.05) is 6.07 Å². The Balaban J connectivity index is 2.48. The average Bonchev–Trinajstić information content (AvgIpc) is 2.28. The molecule has 0 radical (unpaired) electrons. The lowest BCUT2D eigenvalue weighted by molar-refractivity contribution is 0.0845. The van der Waals surface area contributed by atoms with Gasteiger partial charge in [0.15, 0.2) is 0 Å². The van der Waals surface area contributed by atoms with Gasteiger partial charge in [-0.05, 0) is 26.0 Å². The highest BCUT2D eigenvalue weighted by molar-refractivity contribution is 5.37. The van der Waals surface area contributed by atoms with Gasteiger partial charge < -0.3 is 14.7 Å². The zero-order chi connectivity index (χ0) is 12.0. The second-order valence-corrected chi connectivity index (χ2v) is 3.99. The van der Waals surface area contributed by atoms with E-state index in [1.54, 1.807) is 0 Å². The molecule has 0 aliphatic heterocycles. The molecule has 4 nitrogen and oxygen atoms in total. The molecule has 90 valence electrons. The fourth-order valence-corrected chi connectivity index (χ4v) is 1.31. The fourth-order valence-electron chi connectivity index (χ4n) is 1.31. The quantitative estimate of drug-likeness (QED) is 0.794. The second kappa shape index (κ2) is 6.45. The van der Waals surface area contributed by atoms with Crippen molar-refractivity contribution in [3.8, 4) is 0 Å². The molecule has 0 spiro atoms. The van der Waals surface area contributed by atoms with Crippen molar-refractivity contribution in [2.75, 3.05) is 25.1 Å². The molecular formula is C12H20N2O2. The van der Waals surface area contributed by atoms with Crippen molar-refractivity contribution in [3.05, 3.63) is 23.9 Å². The predicted molar refractivity (Wildman–Crippen MR) is 64.5 cm³/mol. The van der Waals surface area contributed by atoms with Gasteiger partial charge in [0, 0.05) is 13.6 Å². The van der Waals surface area contributed by atoms with Crippen LogP contribution in [0, 0.1) is 0 Å². The van der Waals surface area contributed by atoms with Crippen LogP contribution in [0.4, 0.5) is 5.82 Å². The zero-order valence-corrected chi connectivity index (χ0v) is 10.2. The molecule has 0 saturated heterocycles. The summed E-state index contributed by atoms with van der Waals surface area (Å²) in [5.41, 5.74) is 0.689. The van der Waals surface area contributed by atoms with E-state index in [-0.39, 0.29) is 12.7 Å². The van der Waals surface area contributed by atoms with Gasteiger partial charge in [0.2, 0.25) is 0 Å². The first kappa shape index (κ1) is 12.9.